The molecule has 0 unspecified atom stereocenters. The fourth-order valence-electron chi connectivity index (χ4n) is 2.72. The lowest BCUT2D eigenvalue weighted by molar-refractivity contribution is -0.126. The second-order valence-electron chi connectivity index (χ2n) is 5.75. The maximum absolute atomic E-state index is 13.3. The van der Waals surface area contributed by atoms with Crippen molar-refractivity contribution < 1.29 is 14.4 Å². The van der Waals surface area contributed by atoms with Gasteiger partial charge < -0.3 is 16.3 Å². The predicted octanol–water partition coefficient (Wildman–Crippen LogP) is 2.83. The molecule has 114 valence electrons. The van der Waals surface area contributed by atoms with Crippen LogP contribution in [0.1, 0.15) is 44.6 Å². The molecule has 0 heterocycles. The van der Waals surface area contributed by atoms with Crippen molar-refractivity contribution in [3.8, 4) is 0 Å². The molecule has 1 aromatic carbocycles. The molecule has 1 saturated carbocycles. The van der Waals surface area contributed by atoms with Gasteiger partial charge in [-0.15, -0.1) is 0 Å². The third-order valence-corrected chi connectivity index (χ3v) is 4.12. The van der Waals surface area contributed by atoms with Crippen LogP contribution in [0.2, 0.25) is 0 Å². The highest BCUT2D eigenvalue weighted by Crippen LogP contribution is 2.37. The van der Waals surface area contributed by atoms with Crippen LogP contribution in [0, 0.1) is 11.2 Å². The maximum Gasteiger partial charge on any atom is 0.230 e. The molecule has 1 aliphatic carbocycles. The normalized spacial score (nSPS) is 18.3. The number of amides is 1. The van der Waals surface area contributed by atoms with Gasteiger partial charge in [-0.05, 0) is 31.0 Å². The van der Waals surface area contributed by atoms with Crippen LogP contribution in [-0.2, 0) is 4.79 Å². The monoisotopic (exact) mass is 293 g/mol. The molecule has 1 amide bonds. The molecule has 4 N–H and O–H groups in total. The van der Waals surface area contributed by atoms with Gasteiger partial charge in [-0.2, -0.15) is 0 Å². The van der Waals surface area contributed by atoms with Gasteiger partial charge in [0.2, 0.25) is 5.91 Å². The maximum atomic E-state index is 13.3. The van der Waals surface area contributed by atoms with Crippen LogP contribution in [-0.4, -0.2) is 17.0 Å². The molecule has 0 radical (unpaired) electrons. The van der Waals surface area contributed by atoms with Crippen molar-refractivity contribution in [3.05, 3.63) is 29.6 Å². The molecule has 1 aliphatic rings. The zero-order valence-corrected chi connectivity index (χ0v) is 12.0. The molecule has 1 aromatic rings. The van der Waals surface area contributed by atoms with Crippen LogP contribution < -0.4 is 11.1 Å². The Balaban J connectivity index is 2.25. The second-order valence-corrected chi connectivity index (χ2v) is 5.75. The van der Waals surface area contributed by atoms with E-state index < -0.39 is 11.2 Å². The van der Waals surface area contributed by atoms with E-state index in [0.29, 0.717) is 5.69 Å². The lowest BCUT2D eigenvalue weighted by atomic mass is 9.75. The number of carbonyl (C=O) groups excluding carboxylic acids is 1. The van der Waals surface area contributed by atoms with Gasteiger partial charge in [0.1, 0.15) is 5.82 Å². The largest absolute Gasteiger partial charge is 0.409 e. The first-order valence-corrected chi connectivity index (χ1v) is 7.05. The molecule has 21 heavy (non-hydrogen) atoms. The Hall–Kier alpha value is -2.11. The van der Waals surface area contributed by atoms with Crippen LogP contribution in [0.15, 0.2) is 23.4 Å². The number of rotatable bonds is 3. The summed E-state index contributed by atoms with van der Waals surface area (Å²) in [5, 5.41) is 14.4. The highest BCUT2D eigenvalue weighted by molar-refractivity contribution is 6.06. The molecular weight excluding hydrogens is 273 g/mol. The number of nitrogens with one attached hydrogen (secondary N) is 1. The number of benzene rings is 1. The molecule has 2 rings (SSSR count). The van der Waals surface area contributed by atoms with E-state index >= 15 is 0 Å². The molecule has 0 bridgehead atoms. The minimum atomic E-state index is -0.515. The summed E-state index contributed by atoms with van der Waals surface area (Å²) in [6, 6.07) is 3.79. The van der Waals surface area contributed by atoms with Gasteiger partial charge in [0.15, 0.2) is 5.84 Å². The van der Waals surface area contributed by atoms with Crippen molar-refractivity contribution in [1.29, 1.82) is 0 Å². The van der Waals surface area contributed by atoms with Crippen molar-refractivity contribution >= 4 is 17.4 Å². The Labute approximate surface area is 123 Å². The molecule has 0 aromatic heterocycles. The third kappa shape index (κ3) is 3.32. The first kappa shape index (κ1) is 15.3. The minimum absolute atomic E-state index is 0.110. The average molecular weight is 293 g/mol. The Bertz CT molecular complexity index is 566. The molecule has 0 atom stereocenters. The first-order valence-electron chi connectivity index (χ1n) is 7.05. The minimum Gasteiger partial charge on any atom is -0.409 e. The summed E-state index contributed by atoms with van der Waals surface area (Å²) in [6.07, 6.45) is 4.87. The van der Waals surface area contributed by atoms with E-state index in [-0.39, 0.29) is 17.3 Å². The Morgan fingerprint density at radius 3 is 2.67 bits per heavy atom. The molecule has 0 spiro atoms. The van der Waals surface area contributed by atoms with E-state index in [4.69, 9.17) is 10.9 Å². The van der Waals surface area contributed by atoms with E-state index in [1.807, 2.05) is 6.92 Å². The standard InChI is InChI=1S/C15H20FN3O2/c1-15(7-3-2-4-8-15)14(20)18-12-6-5-10(16)9-11(12)13(17)19-21/h5-6,9,21H,2-4,7-8H2,1H3,(H2,17,19)(H,18,20). The van der Waals surface area contributed by atoms with Crippen molar-refractivity contribution in [1.82, 2.24) is 0 Å². The fourth-order valence-corrected chi connectivity index (χ4v) is 2.72. The van der Waals surface area contributed by atoms with Crippen molar-refractivity contribution in [2.75, 3.05) is 5.32 Å². The second kappa shape index (κ2) is 6.11. The summed E-state index contributed by atoms with van der Waals surface area (Å²) in [7, 11) is 0. The van der Waals surface area contributed by atoms with E-state index in [9.17, 15) is 9.18 Å². The highest BCUT2D eigenvalue weighted by Gasteiger charge is 2.34. The van der Waals surface area contributed by atoms with Gasteiger partial charge in [0, 0.05) is 11.0 Å². The van der Waals surface area contributed by atoms with Crippen LogP contribution in [0.3, 0.4) is 0 Å². The van der Waals surface area contributed by atoms with Gasteiger partial charge in [-0.1, -0.05) is 31.3 Å². The number of nitrogens with zero attached hydrogens (tertiary/aromatic N) is 1. The smallest absolute Gasteiger partial charge is 0.230 e. The number of oxime groups is 1. The molecule has 0 aliphatic heterocycles. The zero-order chi connectivity index (χ0) is 15.5. The van der Waals surface area contributed by atoms with E-state index in [2.05, 4.69) is 10.5 Å². The quantitative estimate of drug-likeness (QED) is 0.346. The number of carbonyl (C=O) groups is 1. The van der Waals surface area contributed by atoms with Gasteiger partial charge in [-0.3, -0.25) is 4.79 Å². The van der Waals surface area contributed by atoms with Crippen LogP contribution in [0.5, 0.6) is 0 Å². The molecule has 1 fully saturated rings. The Kier molecular flexibility index (Phi) is 4.45. The summed E-state index contributed by atoms with van der Waals surface area (Å²) in [4.78, 5) is 12.5. The summed E-state index contributed by atoms with van der Waals surface area (Å²) < 4.78 is 13.3. The van der Waals surface area contributed by atoms with Gasteiger partial charge >= 0.3 is 0 Å². The number of nitrogens with two attached hydrogens (primary N) is 1. The van der Waals surface area contributed by atoms with Gasteiger partial charge in [0.25, 0.3) is 0 Å². The van der Waals surface area contributed by atoms with Crippen molar-refractivity contribution in [2.24, 2.45) is 16.3 Å². The third-order valence-electron chi connectivity index (χ3n) is 4.12. The van der Waals surface area contributed by atoms with Crippen LogP contribution in [0.25, 0.3) is 0 Å². The SMILES string of the molecule is CC1(C(=O)Nc2ccc(F)cc2/C(N)=N/O)CCCCC1. The van der Waals surface area contributed by atoms with Crippen LogP contribution in [0.4, 0.5) is 10.1 Å². The summed E-state index contributed by atoms with van der Waals surface area (Å²) in [5.74, 6) is -0.863. The number of halogens is 1. The molecule has 6 heteroatoms. The number of anilines is 1. The van der Waals surface area contributed by atoms with E-state index in [0.717, 1.165) is 38.2 Å². The molecule has 5 nitrogen and oxygen atoms in total. The van der Waals surface area contributed by atoms with Gasteiger partial charge in [-0.25, -0.2) is 4.39 Å². The summed E-state index contributed by atoms with van der Waals surface area (Å²) >= 11 is 0. The average Bonchev–Trinajstić information content (AvgIpc) is 2.49. The molecular formula is C15H20FN3O2. The van der Waals surface area contributed by atoms with Crippen molar-refractivity contribution in [3.63, 3.8) is 0 Å². The summed E-state index contributed by atoms with van der Waals surface area (Å²) in [6.45, 7) is 1.94. The van der Waals surface area contributed by atoms with Crippen LogP contribution >= 0.6 is 0 Å². The number of hydrogen-bond donors (Lipinski definition) is 3. The molecule has 0 saturated heterocycles. The number of amidine groups is 1. The predicted molar refractivity (Wildman–Crippen MR) is 78.7 cm³/mol. The highest BCUT2D eigenvalue weighted by atomic mass is 19.1. The fraction of sp³-hybridized carbons (Fsp3) is 0.467. The van der Waals surface area contributed by atoms with Gasteiger partial charge in [0.05, 0.1) is 5.69 Å². The summed E-state index contributed by atoms with van der Waals surface area (Å²) in [5.41, 5.74) is 5.63. The first-order chi connectivity index (χ1) is 9.96. The lowest BCUT2D eigenvalue weighted by Gasteiger charge is -2.32. The van der Waals surface area contributed by atoms with E-state index in [1.54, 1.807) is 0 Å². The lowest BCUT2D eigenvalue weighted by Crippen LogP contribution is -2.36. The van der Waals surface area contributed by atoms with Crippen molar-refractivity contribution in [2.45, 2.75) is 39.0 Å². The number of hydrogen-bond acceptors (Lipinski definition) is 3. The topological polar surface area (TPSA) is 87.7 Å². The zero-order valence-electron chi connectivity index (χ0n) is 12.0. The Morgan fingerprint density at radius 2 is 2.05 bits per heavy atom. The Morgan fingerprint density at radius 1 is 1.38 bits per heavy atom. The van der Waals surface area contributed by atoms with E-state index in [1.165, 1.54) is 12.1 Å².